The van der Waals surface area contributed by atoms with Gasteiger partial charge < -0.3 is 18.9 Å². The third kappa shape index (κ3) is 22.4. The van der Waals surface area contributed by atoms with E-state index < -0.39 is 96.6 Å². The molecule has 8 radical (unpaired) electrons. The maximum Gasteiger partial charge on any atom is 0.301 e. The lowest BCUT2D eigenvalue weighted by Gasteiger charge is -2.51. The molecule has 0 aliphatic heterocycles. The Bertz CT molecular complexity index is 1820. The van der Waals surface area contributed by atoms with Crippen LogP contribution in [0.15, 0.2) is 0 Å². The van der Waals surface area contributed by atoms with Crippen molar-refractivity contribution in [2.75, 3.05) is 0 Å². The van der Waals surface area contributed by atoms with E-state index in [1.54, 1.807) is 0 Å². The van der Waals surface area contributed by atoms with Crippen LogP contribution < -0.4 is 0 Å². The van der Waals surface area contributed by atoms with Gasteiger partial charge in [0.15, 0.2) is 0 Å². The molecule has 0 rings (SSSR count). The molecule has 0 spiro atoms. The summed E-state index contributed by atoms with van der Waals surface area (Å²) in [5.74, 6) is -6.21. The van der Waals surface area contributed by atoms with Crippen molar-refractivity contribution in [1.82, 2.24) is 0 Å². The molecule has 0 aromatic rings. The minimum Gasteiger partial charge on any atom is -0.460 e. The summed E-state index contributed by atoms with van der Waals surface area (Å²) in [7, 11) is 27.9. The Labute approximate surface area is 507 Å². The maximum atomic E-state index is 14.7. The zero-order valence-corrected chi connectivity index (χ0v) is 60.0. The summed E-state index contributed by atoms with van der Waals surface area (Å²) in [6.07, 6.45) is 3.10. The lowest BCUT2D eigenvalue weighted by Crippen LogP contribution is -2.50. The Morgan fingerprint density at radius 1 is 0.247 bits per heavy atom. The van der Waals surface area contributed by atoms with Gasteiger partial charge in [0, 0.05) is 23.3 Å². The molecule has 0 saturated heterocycles. The fourth-order valence-corrected chi connectivity index (χ4v) is 12.8. The van der Waals surface area contributed by atoms with Crippen molar-refractivity contribution in [3.05, 3.63) is 0 Å². The summed E-state index contributed by atoms with van der Waals surface area (Å²) in [4.78, 5) is 58.8. The van der Waals surface area contributed by atoms with E-state index in [0.717, 1.165) is 0 Å². The van der Waals surface area contributed by atoms with Gasteiger partial charge in [0.25, 0.3) is 0 Å². The predicted molar refractivity (Wildman–Crippen MR) is 346 cm³/mol. The molecule has 8 nitrogen and oxygen atoms in total. The van der Waals surface area contributed by atoms with E-state index in [4.69, 9.17) is 50.3 Å². The fourth-order valence-electron chi connectivity index (χ4n) is 12.8. The Kier molecular flexibility index (Phi) is 24.5. The summed E-state index contributed by atoms with van der Waals surface area (Å²) in [5.41, 5.74) is -9.86. The molecular weight excluding hydrogens is 1000 g/mol. The molecule has 0 bridgehead atoms. The van der Waals surface area contributed by atoms with Crippen molar-refractivity contribution in [1.29, 1.82) is 0 Å². The number of hydrogen-bond donors (Lipinski definition) is 0. The largest absolute Gasteiger partial charge is 0.460 e. The van der Waals surface area contributed by atoms with Gasteiger partial charge >= 0.3 is 23.9 Å². The fraction of sp³-hybridized carbons (Fsp3) is 0.942. The van der Waals surface area contributed by atoms with Gasteiger partial charge in [-0.3, -0.25) is 19.2 Å². The van der Waals surface area contributed by atoms with E-state index in [2.05, 4.69) is 138 Å². The Morgan fingerprint density at radius 3 is 0.481 bits per heavy atom. The van der Waals surface area contributed by atoms with Gasteiger partial charge in [0.05, 0.1) is 31.4 Å². The highest BCUT2D eigenvalue weighted by atomic mass is 16.6. The number of esters is 4. The first kappa shape index (κ1) is 79.1. The maximum absolute atomic E-state index is 14.7. The van der Waals surface area contributed by atoms with E-state index in [1.807, 2.05) is 111 Å². The van der Waals surface area contributed by atoms with Crippen LogP contribution in [0.1, 0.15) is 301 Å². The highest BCUT2D eigenvalue weighted by molar-refractivity contribution is 6.24. The lowest BCUT2D eigenvalue weighted by molar-refractivity contribution is -0.180. The SMILES string of the molecule is [B]C(C(=O)OC(C)(C)CC(CC(C)(C)OC(=O)C([B])C(C)(C)CC(C)(C)C(C)(C)C)(CC(C)(C)OC(=O)C([B])C(C)(C)CC(C)(C)C(C)(C)C)CC(C)(C)OC(=O)C([B])C(C)(C)CC(C)(C)C(C)(C)C)C(C)(C)CC(C)(C)C(C)(C)C. The van der Waals surface area contributed by atoms with E-state index in [1.165, 1.54) is 0 Å². The van der Waals surface area contributed by atoms with E-state index in [-0.39, 0.29) is 69.0 Å². The first-order chi connectivity index (χ1) is 34.8. The Hall–Kier alpha value is -1.86. The second kappa shape index (κ2) is 25.1. The van der Waals surface area contributed by atoms with Crippen molar-refractivity contribution >= 4 is 55.3 Å². The van der Waals surface area contributed by atoms with Crippen LogP contribution in [0, 0.1) is 70.4 Å². The van der Waals surface area contributed by atoms with Crippen LogP contribution in [0.2, 0.25) is 23.3 Å². The molecule has 81 heavy (non-hydrogen) atoms. The number of carbonyl (C=O) groups is 4. The van der Waals surface area contributed by atoms with Gasteiger partial charge in [0.1, 0.15) is 22.4 Å². The zero-order valence-electron chi connectivity index (χ0n) is 60.0. The normalized spacial score (nSPS) is 17.3. The third-order valence-electron chi connectivity index (χ3n) is 20.8. The summed E-state index contributed by atoms with van der Waals surface area (Å²) in [6.45, 7) is 74.9. The van der Waals surface area contributed by atoms with Crippen LogP contribution >= 0.6 is 0 Å². The highest BCUT2D eigenvalue weighted by Gasteiger charge is 2.54. The minimum absolute atomic E-state index is 0.0798. The van der Waals surface area contributed by atoms with Gasteiger partial charge in [-0.05, 0) is 177 Å². The predicted octanol–water partition coefficient (Wildman–Crippen LogP) is 18.6. The van der Waals surface area contributed by atoms with E-state index in [9.17, 15) is 19.2 Å². The van der Waals surface area contributed by atoms with Crippen molar-refractivity contribution in [2.45, 2.75) is 346 Å². The first-order valence-electron chi connectivity index (χ1n) is 30.7. The quantitative estimate of drug-likeness (QED) is 0.0433. The zero-order chi connectivity index (χ0) is 65.6. The highest BCUT2D eigenvalue weighted by Crippen LogP contribution is 2.57. The van der Waals surface area contributed by atoms with Gasteiger partial charge in [-0.2, -0.15) is 0 Å². The topological polar surface area (TPSA) is 105 Å². The summed E-state index contributed by atoms with van der Waals surface area (Å²) in [5, 5.41) is 0. The monoisotopic (exact) mass is 1130 g/mol. The van der Waals surface area contributed by atoms with Gasteiger partial charge in [-0.15, -0.1) is 0 Å². The molecule has 12 heteroatoms. The molecular formula is C69H128B4O8. The van der Waals surface area contributed by atoms with Crippen molar-refractivity contribution < 1.29 is 38.1 Å². The van der Waals surface area contributed by atoms with E-state index in [0.29, 0.717) is 25.7 Å². The number of ether oxygens (including phenoxy) is 4. The molecule has 0 saturated carbocycles. The standard InChI is InChI=1S/C69H128B4O8/c1-53(2,3)61(21,22)37-57(13,14)45(70)49(74)78-65(29,30)41-69(42-66(31,32)79-50(75)46(71)58(15,16)38-62(23,24)54(4,5)6,43-67(33,34)80-51(76)47(72)59(17,18)39-63(25,26)55(7,8)9)44-68(35,36)81-52(77)48(73)60(19,20)40-64(27,28)56(10,11)12/h45-48H,37-44H2,1-36H3. The van der Waals surface area contributed by atoms with Crippen LogP contribution in [-0.2, 0) is 38.1 Å². The van der Waals surface area contributed by atoms with Crippen molar-refractivity contribution in [3.63, 3.8) is 0 Å². The van der Waals surface area contributed by atoms with Crippen LogP contribution in [-0.4, -0.2) is 77.7 Å². The molecule has 4 atom stereocenters. The van der Waals surface area contributed by atoms with Crippen LogP contribution in [0.4, 0.5) is 0 Å². The van der Waals surface area contributed by atoms with Gasteiger partial charge in [-0.1, -0.05) is 194 Å². The molecule has 0 aliphatic carbocycles. The molecule has 464 valence electrons. The summed E-state index contributed by atoms with van der Waals surface area (Å²) < 4.78 is 26.6. The number of carbonyl (C=O) groups excluding carboxylic acids is 4. The van der Waals surface area contributed by atoms with Gasteiger partial charge in [0.2, 0.25) is 0 Å². The van der Waals surface area contributed by atoms with Crippen LogP contribution in [0.5, 0.6) is 0 Å². The van der Waals surface area contributed by atoms with E-state index >= 15 is 0 Å². The van der Waals surface area contributed by atoms with Crippen molar-refractivity contribution in [3.8, 4) is 0 Å². The molecule has 4 unspecified atom stereocenters. The molecule has 0 N–H and O–H groups in total. The first-order valence-corrected chi connectivity index (χ1v) is 30.7. The van der Waals surface area contributed by atoms with Gasteiger partial charge in [-0.25, -0.2) is 0 Å². The lowest BCUT2D eigenvalue weighted by atomic mass is 9.56. The molecule has 0 aromatic carbocycles. The Balaban J connectivity index is 8.45. The molecule has 0 amide bonds. The second-order valence-electron chi connectivity index (χ2n) is 38.0. The number of hydrogen-bond acceptors (Lipinski definition) is 8. The molecule has 0 fully saturated rings. The average Bonchev–Trinajstić information content (AvgIpc) is 3.14. The van der Waals surface area contributed by atoms with Crippen molar-refractivity contribution in [2.24, 2.45) is 70.4 Å². The Morgan fingerprint density at radius 2 is 0.370 bits per heavy atom. The van der Waals surface area contributed by atoms with Crippen LogP contribution in [0.25, 0.3) is 0 Å². The molecule has 0 aromatic heterocycles. The molecule has 0 aliphatic rings. The average molecular weight is 1130 g/mol. The minimum atomic E-state index is -1.25. The summed E-state index contributed by atoms with van der Waals surface area (Å²) >= 11 is 0. The summed E-state index contributed by atoms with van der Waals surface area (Å²) in [6, 6.07) is 0. The molecule has 0 heterocycles. The second-order valence-corrected chi connectivity index (χ2v) is 38.0. The number of rotatable bonds is 28. The smallest absolute Gasteiger partial charge is 0.301 e. The van der Waals surface area contributed by atoms with Crippen LogP contribution in [0.3, 0.4) is 0 Å². The third-order valence-corrected chi connectivity index (χ3v) is 20.8.